The Labute approximate surface area is 265 Å². The molecule has 242 valence electrons. The van der Waals surface area contributed by atoms with E-state index in [-0.39, 0.29) is 36.1 Å². The summed E-state index contributed by atoms with van der Waals surface area (Å²) in [4.78, 5) is 66.0. The molecule has 4 N–H and O–H groups in total. The summed E-state index contributed by atoms with van der Waals surface area (Å²) in [5.41, 5.74) is 0.969. The minimum Gasteiger partial charge on any atom is -0.358 e. The van der Waals surface area contributed by atoms with Gasteiger partial charge in [0.05, 0.1) is 12.1 Å². The van der Waals surface area contributed by atoms with Gasteiger partial charge < -0.3 is 26.0 Å². The number of Topliss-reactive ketones (excluding diaryl/α,β-unsaturated/α-hetero) is 1. The summed E-state index contributed by atoms with van der Waals surface area (Å²) < 4.78 is 5.68. The number of ether oxygens (including phenoxy) is 1. The molecule has 45 heavy (non-hydrogen) atoms. The molecule has 0 bridgehead atoms. The first kappa shape index (κ1) is 33.8. The second kappa shape index (κ2) is 14.8. The predicted molar refractivity (Wildman–Crippen MR) is 170 cm³/mol. The number of benzene rings is 2. The smallest absolute Gasteiger partial charge is 0.243 e. The Hall–Kier alpha value is -4.05. The molecular weight excluding hydrogens is 572 g/mol. The molecular formula is C35H46N4O6. The molecule has 1 heterocycles. The summed E-state index contributed by atoms with van der Waals surface area (Å²) in [7, 11) is 0. The van der Waals surface area contributed by atoms with Gasteiger partial charge in [-0.25, -0.2) is 0 Å². The van der Waals surface area contributed by atoms with Gasteiger partial charge in [-0.1, -0.05) is 81.4 Å². The summed E-state index contributed by atoms with van der Waals surface area (Å²) in [5.74, 6) is -1.83. The van der Waals surface area contributed by atoms with Crippen LogP contribution in [0.3, 0.4) is 0 Å². The molecule has 2 aromatic carbocycles. The molecule has 0 radical (unpaired) electrons. The van der Waals surface area contributed by atoms with E-state index in [0.717, 1.165) is 11.1 Å². The van der Waals surface area contributed by atoms with Crippen LogP contribution in [0.15, 0.2) is 60.7 Å². The Morgan fingerprint density at radius 2 is 1.42 bits per heavy atom. The van der Waals surface area contributed by atoms with Gasteiger partial charge in [-0.05, 0) is 55.6 Å². The number of amides is 4. The summed E-state index contributed by atoms with van der Waals surface area (Å²) in [6.45, 7) is 8.97. The lowest BCUT2D eigenvalue weighted by molar-refractivity contribution is -0.135. The highest BCUT2D eigenvalue weighted by Crippen LogP contribution is 2.48. The topological polar surface area (TPSA) is 146 Å². The van der Waals surface area contributed by atoms with Crippen molar-refractivity contribution in [1.29, 1.82) is 0 Å². The number of epoxide rings is 1. The lowest BCUT2D eigenvalue weighted by Crippen LogP contribution is -2.59. The number of hydrogen-bond donors (Lipinski definition) is 4. The molecule has 2 aliphatic rings. The highest BCUT2D eigenvalue weighted by Gasteiger charge is 2.65. The van der Waals surface area contributed by atoms with E-state index in [0.29, 0.717) is 25.7 Å². The van der Waals surface area contributed by atoms with E-state index in [9.17, 15) is 24.0 Å². The van der Waals surface area contributed by atoms with Crippen LogP contribution < -0.4 is 21.3 Å². The Morgan fingerprint density at radius 3 is 2.02 bits per heavy atom. The average Bonchev–Trinajstić information content (AvgIpc) is 3.71. The fourth-order valence-electron chi connectivity index (χ4n) is 6.21. The van der Waals surface area contributed by atoms with Crippen LogP contribution in [0, 0.1) is 11.8 Å². The van der Waals surface area contributed by atoms with Gasteiger partial charge in [0.25, 0.3) is 0 Å². The molecule has 0 spiro atoms. The van der Waals surface area contributed by atoms with Crippen molar-refractivity contribution in [2.24, 2.45) is 11.8 Å². The molecule has 1 aliphatic carbocycles. The molecule has 0 aromatic heterocycles. The third-order valence-electron chi connectivity index (χ3n) is 8.62. The Bertz CT molecular complexity index is 1370. The minimum atomic E-state index is -0.996. The quantitative estimate of drug-likeness (QED) is 0.240. The van der Waals surface area contributed by atoms with Crippen LogP contribution in [0.1, 0.15) is 65.0 Å². The van der Waals surface area contributed by atoms with Crippen LogP contribution in [0.25, 0.3) is 0 Å². The average molecular weight is 619 g/mol. The van der Waals surface area contributed by atoms with Crippen molar-refractivity contribution >= 4 is 29.4 Å². The summed E-state index contributed by atoms with van der Waals surface area (Å²) in [6.07, 6.45) is 1.74. The number of ketones is 1. The second-order valence-electron chi connectivity index (χ2n) is 13.0. The van der Waals surface area contributed by atoms with Crippen molar-refractivity contribution in [1.82, 2.24) is 21.3 Å². The van der Waals surface area contributed by atoms with E-state index in [4.69, 9.17) is 4.74 Å². The molecule has 1 aliphatic heterocycles. The van der Waals surface area contributed by atoms with Crippen LogP contribution in [0.5, 0.6) is 0 Å². The Balaban J connectivity index is 1.48. The molecule has 1 saturated heterocycles. The van der Waals surface area contributed by atoms with Crippen molar-refractivity contribution in [2.75, 3.05) is 0 Å². The number of aryl methyl sites for hydroxylation is 1. The number of hydrogen-bond acceptors (Lipinski definition) is 6. The van der Waals surface area contributed by atoms with Gasteiger partial charge in [-0.2, -0.15) is 0 Å². The van der Waals surface area contributed by atoms with Gasteiger partial charge >= 0.3 is 0 Å². The van der Waals surface area contributed by atoms with Crippen molar-refractivity contribution in [3.8, 4) is 0 Å². The van der Waals surface area contributed by atoms with E-state index in [1.807, 2.05) is 81.4 Å². The fourth-order valence-corrected chi connectivity index (χ4v) is 6.21. The lowest BCUT2D eigenvalue weighted by Gasteiger charge is -2.30. The maximum Gasteiger partial charge on any atom is 0.243 e. The molecule has 2 fully saturated rings. The van der Waals surface area contributed by atoms with Gasteiger partial charge in [0, 0.05) is 13.3 Å². The summed E-state index contributed by atoms with van der Waals surface area (Å²) >= 11 is 0. The molecule has 2 aromatic rings. The summed E-state index contributed by atoms with van der Waals surface area (Å²) in [6, 6.07) is 15.4. The molecule has 4 rings (SSSR count). The lowest BCUT2D eigenvalue weighted by atomic mass is 9.79. The number of rotatable bonds is 14. The number of nitrogens with one attached hydrogen (secondary N) is 4. The van der Waals surface area contributed by atoms with Gasteiger partial charge in [-0.3, -0.25) is 24.0 Å². The van der Waals surface area contributed by atoms with Crippen LogP contribution in [-0.2, 0) is 41.6 Å². The number of carbonyl (C=O) groups is 5. The summed E-state index contributed by atoms with van der Waals surface area (Å²) in [5, 5.41) is 11.3. The maximum atomic E-state index is 13.8. The molecule has 7 unspecified atom stereocenters. The molecule has 7 atom stereocenters. The zero-order valence-corrected chi connectivity index (χ0v) is 26.8. The van der Waals surface area contributed by atoms with E-state index in [1.54, 1.807) is 6.92 Å². The van der Waals surface area contributed by atoms with E-state index < -0.39 is 47.5 Å². The van der Waals surface area contributed by atoms with Crippen LogP contribution in [-0.4, -0.2) is 65.3 Å². The normalized spacial score (nSPS) is 24.0. The third kappa shape index (κ3) is 9.00. The first-order valence-electron chi connectivity index (χ1n) is 15.9. The largest absolute Gasteiger partial charge is 0.358 e. The number of carbonyl (C=O) groups excluding carboxylic acids is 5. The Kier molecular flexibility index (Phi) is 11.1. The highest BCUT2D eigenvalue weighted by atomic mass is 16.6. The van der Waals surface area contributed by atoms with Crippen LogP contribution in [0.4, 0.5) is 0 Å². The van der Waals surface area contributed by atoms with Gasteiger partial charge in [0.15, 0.2) is 11.4 Å². The number of fused-ring (bicyclic) bond motifs is 1. The zero-order valence-electron chi connectivity index (χ0n) is 26.8. The van der Waals surface area contributed by atoms with Gasteiger partial charge in [0.1, 0.15) is 18.1 Å². The highest BCUT2D eigenvalue weighted by molar-refractivity contribution is 6.00. The molecule has 4 amide bonds. The fraction of sp³-hybridized carbons (Fsp3) is 0.514. The van der Waals surface area contributed by atoms with Crippen LogP contribution in [0.2, 0.25) is 0 Å². The van der Waals surface area contributed by atoms with E-state index in [1.165, 1.54) is 6.92 Å². The SMILES string of the molecule is CC(=O)NC(CCc1ccccc1)C(=O)NC(CC(C)C)C(=O)NC(Cc1ccccc1)C(=O)NC1CC(C)C2OC2(C)C1=O. The first-order chi connectivity index (χ1) is 21.4. The standard InChI is InChI=1S/C35H46N4O6/c1-21(2)18-28(38-32(42)26(36-23(4)40)17-16-24-12-8-6-9-13-24)33(43)39-29(20-25-14-10-7-11-15-25)34(44)37-27-19-22(3)31-35(5,45-31)30(27)41/h6-15,21-22,26-29,31H,16-20H2,1-5H3,(H,36,40)(H,37,44)(H,38,42)(H,39,43). The van der Waals surface area contributed by atoms with Crippen LogP contribution >= 0.6 is 0 Å². The van der Waals surface area contributed by atoms with Crippen molar-refractivity contribution in [3.05, 3.63) is 71.8 Å². The monoisotopic (exact) mass is 618 g/mol. The van der Waals surface area contributed by atoms with E-state index in [2.05, 4.69) is 21.3 Å². The van der Waals surface area contributed by atoms with Gasteiger partial charge in [-0.15, -0.1) is 0 Å². The minimum absolute atomic E-state index is 0.0413. The second-order valence-corrected chi connectivity index (χ2v) is 13.0. The third-order valence-corrected chi connectivity index (χ3v) is 8.62. The van der Waals surface area contributed by atoms with Gasteiger partial charge in [0.2, 0.25) is 23.6 Å². The Morgan fingerprint density at radius 1 is 0.844 bits per heavy atom. The predicted octanol–water partition coefficient (Wildman–Crippen LogP) is 2.63. The molecule has 10 nitrogen and oxygen atoms in total. The van der Waals surface area contributed by atoms with Crippen molar-refractivity contribution < 1.29 is 28.7 Å². The molecule has 10 heteroatoms. The van der Waals surface area contributed by atoms with E-state index >= 15 is 0 Å². The maximum absolute atomic E-state index is 13.8. The van der Waals surface area contributed by atoms with Crippen molar-refractivity contribution in [3.63, 3.8) is 0 Å². The molecule has 1 saturated carbocycles. The van der Waals surface area contributed by atoms with Crippen molar-refractivity contribution in [2.45, 2.75) is 103 Å². The first-order valence-corrected chi connectivity index (χ1v) is 15.9. The zero-order chi connectivity index (χ0) is 32.7.